The van der Waals surface area contributed by atoms with Crippen LogP contribution >= 0.6 is 11.8 Å². The predicted octanol–water partition coefficient (Wildman–Crippen LogP) is 2.42. The molecule has 0 saturated carbocycles. The van der Waals surface area contributed by atoms with E-state index in [1.54, 1.807) is 0 Å². The van der Waals surface area contributed by atoms with Crippen LogP contribution in [0.25, 0.3) is 0 Å². The average Bonchev–Trinajstić information content (AvgIpc) is 2.55. The number of nitrogens with one attached hydrogen (secondary N) is 1. The standard InChI is InChI=1S/C16H26N4S/c1-3-15-13-20(10-11-21-15)16(18-4-2)19-9-7-14-6-5-8-17-12-14/h5-6,8,12,15H,3-4,7,9-11,13H2,1-2H3,(H,18,19). The lowest BCUT2D eigenvalue weighted by Gasteiger charge is -2.34. The molecule has 21 heavy (non-hydrogen) atoms. The Hall–Kier alpha value is -1.23. The second-order valence-electron chi connectivity index (χ2n) is 5.19. The molecule has 2 rings (SSSR count). The Morgan fingerprint density at radius 3 is 3.14 bits per heavy atom. The van der Waals surface area contributed by atoms with Crippen molar-refractivity contribution in [1.82, 2.24) is 15.2 Å². The van der Waals surface area contributed by atoms with Gasteiger partial charge in [0.15, 0.2) is 5.96 Å². The van der Waals surface area contributed by atoms with Crippen molar-refractivity contribution in [2.24, 2.45) is 4.99 Å². The molecule has 116 valence electrons. The van der Waals surface area contributed by atoms with Gasteiger partial charge >= 0.3 is 0 Å². The molecule has 0 spiro atoms. The van der Waals surface area contributed by atoms with E-state index in [1.165, 1.54) is 17.7 Å². The highest BCUT2D eigenvalue weighted by molar-refractivity contribution is 8.00. The molecule has 1 aromatic rings. The summed E-state index contributed by atoms with van der Waals surface area (Å²) >= 11 is 2.09. The van der Waals surface area contributed by atoms with Crippen molar-refractivity contribution < 1.29 is 0 Å². The Morgan fingerprint density at radius 1 is 1.52 bits per heavy atom. The molecule has 1 aliphatic heterocycles. The van der Waals surface area contributed by atoms with Crippen molar-refractivity contribution in [3.8, 4) is 0 Å². The molecule has 1 unspecified atom stereocenters. The monoisotopic (exact) mass is 306 g/mol. The van der Waals surface area contributed by atoms with Crippen molar-refractivity contribution >= 4 is 17.7 Å². The molecular formula is C16H26N4S. The topological polar surface area (TPSA) is 40.5 Å². The van der Waals surface area contributed by atoms with Gasteiger partial charge in [-0.3, -0.25) is 9.98 Å². The lowest BCUT2D eigenvalue weighted by molar-refractivity contribution is 0.408. The van der Waals surface area contributed by atoms with Crippen LogP contribution in [0.15, 0.2) is 29.5 Å². The Balaban J connectivity index is 1.92. The van der Waals surface area contributed by atoms with Crippen molar-refractivity contribution in [2.45, 2.75) is 31.9 Å². The van der Waals surface area contributed by atoms with E-state index in [2.05, 4.69) is 46.9 Å². The summed E-state index contributed by atoms with van der Waals surface area (Å²) in [6.45, 7) is 8.35. The number of guanidine groups is 1. The van der Waals surface area contributed by atoms with E-state index >= 15 is 0 Å². The number of nitrogens with zero attached hydrogens (tertiary/aromatic N) is 3. The summed E-state index contributed by atoms with van der Waals surface area (Å²) in [5.41, 5.74) is 1.25. The summed E-state index contributed by atoms with van der Waals surface area (Å²) in [6.07, 6.45) is 5.92. The number of hydrogen-bond acceptors (Lipinski definition) is 3. The van der Waals surface area contributed by atoms with E-state index in [-0.39, 0.29) is 0 Å². The highest BCUT2D eigenvalue weighted by Crippen LogP contribution is 2.21. The Morgan fingerprint density at radius 2 is 2.43 bits per heavy atom. The smallest absolute Gasteiger partial charge is 0.193 e. The van der Waals surface area contributed by atoms with Crippen LogP contribution in [0.1, 0.15) is 25.8 Å². The van der Waals surface area contributed by atoms with E-state index in [4.69, 9.17) is 4.99 Å². The molecule has 2 heterocycles. The molecule has 0 aliphatic carbocycles. The van der Waals surface area contributed by atoms with Crippen LogP contribution in [0.4, 0.5) is 0 Å². The molecule has 1 N–H and O–H groups in total. The Bertz CT molecular complexity index is 435. The first-order valence-corrected chi connectivity index (χ1v) is 8.92. The fourth-order valence-corrected chi connectivity index (χ4v) is 3.60. The second-order valence-corrected chi connectivity index (χ2v) is 6.60. The molecule has 4 nitrogen and oxygen atoms in total. The molecule has 0 aromatic carbocycles. The number of rotatable bonds is 5. The normalized spacial score (nSPS) is 19.6. The summed E-state index contributed by atoms with van der Waals surface area (Å²) in [5.74, 6) is 2.27. The zero-order chi connectivity index (χ0) is 14.9. The van der Waals surface area contributed by atoms with Gasteiger partial charge in [0.05, 0.1) is 0 Å². The van der Waals surface area contributed by atoms with E-state index in [1.807, 2.05) is 18.5 Å². The maximum absolute atomic E-state index is 4.80. The molecule has 1 fully saturated rings. The number of hydrogen-bond donors (Lipinski definition) is 1. The van der Waals surface area contributed by atoms with Crippen molar-refractivity contribution in [2.75, 3.05) is 31.9 Å². The van der Waals surface area contributed by atoms with Gasteiger partial charge in [-0.15, -0.1) is 0 Å². The quantitative estimate of drug-likeness (QED) is 0.670. The number of thioether (sulfide) groups is 1. The molecule has 0 radical (unpaired) electrons. The highest BCUT2D eigenvalue weighted by atomic mass is 32.2. The first kappa shape index (κ1) is 16.1. The van der Waals surface area contributed by atoms with Crippen LogP contribution < -0.4 is 5.32 Å². The maximum atomic E-state index is 4.80. The molecule has 1 aliphatic rings. The van der Waals surface area contributed by atoms with Gasteiger partial charge in [-0.25, -0.2) is 0 Å². The fourth-order valence-electron chi connectivity index (χ4n) is 2.42. The molecular weight excluding hydrogens is 280 g/mol. The van der Waals surface area contributed by atoms with Crippen LogP contribution in [0.2, 0.25) is 0 Å². The lowest BCUT2D eigenvalue weighted by Crippen LogP contribution is -2.48. The van der Waals surface area contributed by atoms with Gasteiger partial charge in [-0.2, -0.15) is 11.8 Å². The zero-order valence-corrected chi connectivity index (χ0v) is 13.9. The van der Waals surface area contributed by atoms with Crippen LogP contribution in [0.3, 0.4) is 0 Å². The molecule has 5 heteroatoms. The van der Waals surface area contributed by atoms with E-state index < -0.39 is 0 Å². The first-order valence-electron chi connectivity index (χ1n) is 7.87. The summed E-state index contributed by atoms with van der Waals surface area (Å²) in [7, 11) is 0. The van der Waals surface area contributed by atoms with E-state index in [9.17, 15) is 0 Å². The van der Waals surface area contributed by atoms with Gasteiger partial charge in [-0.1, -0.05) is 13.0 Å². The van der Waals surface area contributed by atoms with Gasteiger partial charge in [0.1, 0.15) is 0 Å². The second kappa shape index (κ2) is 8.93. The predicted molar refractivity (Wildman–Crippen MR) is 92.0 cm³/mol. The van der Waals surface area contributed by atoms with E-state index in [0.717, 1.165) is 43.8 Å². The first-order chi connectivity index (χ1) is 10.3. The zero-order valence-electron chi connectivity index (χ0n) is 13.1. The van der Waals surface area contributed by atoms with Gasteiger partial charge < -0.3 is 10.2 Å². The van der Waals surface area contributed by atoms with E-state index in [0.29, 0.717) is 0 Å². The minimum atomic E-state index is 0.737. The summed E-state index contributed by atoms with van der Waals surface area (Å²) in [5, 5.41) is 4.17. The van der Waals surface area contributed by atoms with Gasteiger partial charge in [0, 0.05) is 49.6 Å². The van der Waals surface area contributed by atoms with Gasteiger partial charge in [-0.05, 0) is 31.4 Å². The SMILES string of the molecule is CCNC(=NCCc1cccnc1)N1CCSC(CC)C1. The molecule has 0 amide bonds. The van der Waals surface area contributed by atoms with Crippen LogP contribution in [-0.2, 0) is 6.42 Å². The average molecular weight is 306 g/mol. The molecule has 1 saturated heterocycles. The van der Waals surface area contributed by atoms with Crippen molar-refractivity contribution in [3.63, 3.8) is 0 Å². The summed E-state index contributed by atoms with van der Waals surface area (Å²) in [6, 6.07) is 4.10. The Kier molecular flexibility index (Phi) is 6.86. The molecule has 1 atom stereocenters. The summed E-state index contributed by atoms with van der Waals surface area (Å²) < 4.78 is 0. The number of pyridine rings is 1. The molecule has 1 aromatic heterocycles. The maximum Gasteiger partial charge on any atom is 0.193 e. The third-order valence-corrected chi connectivity index (χ3v) is 4.99. The van der Waals surface area contributed by atoms with Gasteiger partial charge in [0.25, 0.3) is 0 Å². The Labute approximate surface area is 132 Å². The minimum Gasteiger partial charge on any atom is -0.357 e. The third-order valence-electron chi connectivity index (χ3n) is 3.61. The van der Waals surface area contributed by atoms with Gasteiger partial charge in [0.2, 0.25) is 0 Å². The van der Waals surface area contributed by atoms with Crippen LogP contribution in [0, 0.1) is 0 Å². The summed E-state index contributed by atoms with van der Waals surface area (Å²) in [4.78, 5) is 11.4. The molecule has 0 bridgehead atoms. The minimum absolute atomic E-state index is 0.737. The largest absolute Gasteiger partial charge is 0.357 e. The van der Waals surface area contributed by atoms with Crippen LogP contribution in [0.5, 0.6) is 0 Å². The highest BCUT2D eigenvalue weighted by Gasteiger charge is 2.21. The van der Waals surface area contributed by atoms with Crippen molar-refractivity contribution in [1.29, 1.82) is 0 Å². The number of aromatic nitrogens is 1. The third kappa shape index (κ3) is 5.23. The fraction of sp³-hybridized carbons (Fsp3) is 0.625. The lowest BCUT2D eigenvalue weighted by atomic mass is 10.2. The van der Waals surface area contributed by atoms with Crippen LogP contribution in [-0.4, -0.2) is 53.0 Å². The van der Waals surface area contributed by atoms with Crippen molar-refractivity contribution in [3.05, 3.63) is 30.1 Å². The number of aliphatic imine (C=N–C) groups is 1.